The minimum atomic E-state index is -2.05. The van der Waals surface area contributed by atoms with Crippen molar-refractivity contribution in [2.45, 2.75) is 63.1 Å². The van der Waals surface area contributed by atoms with Crippen LogP contribution >= 0.6 is 0 Å². The molecule has 2 unspecified atom stereocenters. The van der Waals surface area contributed by atoms with Crippen molar-refractivity contribution in [1.29, 1.82) is 0 Å². The molecule has 2 fully saturated rings. The van der Waals surface area contributed by atoms with Crippen LogP contribution in [-0.4, -0.2) is 81.8 Å². The molecule has 7 atom stereocenters. The highest BCUT2D eigenvalue weighted by Crippen LogP contribution is 2.22. The Morgan fingerprint density at radius 3 is 2.40 bits per heavy atom. The lowest BCUT2D eigenvalue weighted by Gasteiger charge is -2.37. The van der Waals surface area contributed by atoms with Crippen LogP contribution in [0, 0.1) is 29.4 Å². The molecule has 0 aliphatic carbocycles. The molecule has 4 amide bonds. The number of aromatic hydroxyl groups is 1. The molecule has 2 aliphatic heterocycles. The van der Waals surface area contributed by atoms with Crippen molar-refractivity contribution in [2.75, 3.05) is 6.61 Å². The number of nitrogens with one attached hydrogen (secondary N) is 5. The third-order valence-corrected chi connectivity index (χ3v) is 7.35. The molecule has 0 spiro atoms. The average Bonchev–Trinajstić information content (AvgIpc) is 2.93. The first-order chi connectivity index (χ1) is 20.3. The zero-order chi connectivity index (χ0) is 31.6. The molecule has 2 saturated heterocycles. The summed E-state index contributed by atoms with van der Waals surface area (Å²) in [6.07, 6.45) is -2.06. The van der Waals surface area contributed by atoms with E-state index in [1.54, 1.807) is 0 Å². The number of nitrogens with zero attached hydrogens (tertiary/aromatic N) is 1. The van der Waals surface area contributed by atoms with Crippen molar-refractivity contribution in [3.05, 3.63) is 53.1 Å². The van der Waals surface area contributed by atoms with Crippen LogP contribution in [0.4, 0.5) is 17.6 Å². The molecule has 2 aliphatic rings. The number of hydrogen-bond acceptors (Lipinski definition) is 8. The summed E-state index contributed by atoms with van der Waals surface area (Å²) in [5, 5.41) is 30.8. The number of pyridine rings is 2. The molecule has 232 valence electrons. The van der Waals surface area contributed by atoms with E-state index in [-0.39, 0.29) is 0 Å². The summed E-state index contributed by atoms with van der Waals surface area (Å²) in [4.78, 5) is 57.9. The van der Waals surface area contributed by atoms with E-state index < -0.39 is 113 Å². The van der Waals surface area contributed by atoms with Crippen LogP contribution in [0.25, 0.3) is 0 Å². The van der Waals surface area contributed by atoms with E-state index in [1.165, 1.54) is 31.1 Å². The van der Waals surface area contributed by atoms with Crippen LogP contribution in [0.15, 0.2) is 18.3 Å². The predicted octanol–water partition coefficient (Wildman–Crippen LogP) is -1.23. The fraction of sp³-hybridized carbons (Fsp3) is 0.462. The number of rotatable bonds is 5. The first kappa shape index (κ1) is 31.6. The lowest BCUT2D eigenvalue weighted by molar-refractivity contribution is -0.466. The number of halogens is 4. The van der Waals surface area contributed by atoms with E-state index in [0.29, 0.717) is 13.0 Å². The highest BCUT2D eigenvalue weighted by atomic mass is 19.2. The van der Waals surface area contributed by atoms with Crippen molar-refractivity contribution >= 4 is 23.6 Å². The Labute approximate surface area is 241 Å². The van der Waals surface area contributed by atoms with Gasteiger partial charge in [-0.2, -0.15) is 9.37 Å². The number of ether oxygens (including phenoxy) is 1. The largest absolute Gasteiger partial charge is 0.505 e. The molecule has 0 saturated carbocycles. The second-order valence-corrected chi connectivity index (χ2v) is 10.3. The molecule has 4 rings (SSSR count). The lowest BCUT2D eigenvalue weighted by atomic mass is 9.90. The third-order valence-electron chi connectivity index (χ3n) is 7.35. The number of carbonyl (C=O) groups excluding carboxylic acids is 4. The van der Waals surface area contributed by atoms with Crippen molar-refractivity contribution in [1.82, 2.24) is 26.3 Å². The lowest BCUT2D eigenvalue weighted by Crippen LogP contribution is -2.66. The van der Waals surface area contributed by atoms with E-state index in [2.05, 4.69) is 26.3 Å². The summed E-state index contributed by atoms with van der Waals surface area (Å²) < 4.78 is 62.0. The van der Waals surface area contributed by atoms with Gasteiger partial charge in [0.2, 0.25) is 17.7 Å². The first-order valence-corrected chi connectivity index (χ1v) is 13.2. The maximum Gasteiger partial charge on any atom is 0.399 e. The Morgan fingerprint density at radius 1 is 1.07 bits per heavy atom. The molecule has 0 radical (unpaired) electrons. The Balaban J connectivity index is 1.73. The van der Waals surface area contributed by atoms with Gasteiger partial charge in [-0.15, -0.1) is 8.78 Å². The molecule has 0 aromatic carbocycles. The maximum atomic E-state index is 14.6. The molecule has 13 nitrogen and oxygen atoms in total. The molecule has 43 heavy (non-hydrogen) atoms. The fourth-order valence-corrected chi connectivity index (χ4v) is 4.71. The van der Waals surface area contributed by atoms with E-state index in [0.717, 1.165) is 6.07 Å². The van der Waals surface area contributed by atoms with Gasteiger partial charge >= 0.3 is 11.9 Å². The SMILES string of the molecule is C[C@H]1NC(=O)C(C2CCO2)NC(=O)[C@H](C)[C@H](O)[C@H](Cc2c(F)[nH+]c(F)c(F)c2F)NC(=O)[C@H]1NC(=O)c1ncccc1O. The fourth-order valence-electron chi connectivity index (χ4n) is 4.71. The molecule has 17 heteroatoms. The number of aromatic amines is 1. The summed E-state index contributed by atoms with van der Waals surface area (Å²) in [5.74, 6) is -13.3. The molecule has 7 N–H and O–H groups in total. The van der Waals surface area contributed by atoms with Gasteiger partial charge in [0.15, 0.2) is 11.5 Å². The summed E-state index contributed by atoms with van der Waals surface area (Å²) in [6.45, 7) is 2.83. The number of aromatic nitrogens is 2. The third kappa shape index (κ3) is 6.67. The second-order valence-electron chi connectivity index (χ2n) is 10.3. The number of carbonyl (C=O) groups is 4. The molecular weight excluding hydrogens is 584 g/mol. The Hall–Kier alpha value is -4.38. The van der Waals surface area contributed by atoms with Crippen LogP contribution in [0.1, 0.15) is 36.3 Å². The number of hydrogen-bond donors (Lipinski definition) is 6. The number of aliphatic hydroxyl groups excluding tert-OH is 1. The van der Waals surface area contributed by atoms with Gasteiger partial charge in [-0.1, -0.05) is 6.92 Å². The summed E-state index contributed by atoms with van der Waals surface area (Å²) in [5.41, 5.74) is -1.55. The maximum absolute atomic E-state index is 14.6. The van der Waals surface area contributed by atoms with E-state index in [4.69, 9.17) is 4.74 Å². The van der Waals surface area contributed by atoms with Crippen molar-refractivity contribution in [3.63, 3.8) is 0 Å². The molecule has 2 aromatic heterocycles. The van der Waals surface area contributed by atoms with E-state index in [1.807, 2.05) is 0 Å². The van der Waals surface area contributed by atoms with Crippen LogP contribution < -0.4 is 26.3 Å². The summed E-state index contributed by atoms with van der Waals surface area (Å²) >= 11 is 0. The Morgan fingerprint density at radius 2 is 1.77 bits per heavy atom. The van der Waals surface area contributed by atoms with Gasteiger partial charge in [-0.05, 0) is 25.5 Å². The van der Waals surface area contributed by atoms with Crippen LogP contribution in [-0.2, 0) is 25.5 Å². The number of amides is 4. The second kappa shape index (κ2) is 12.9. The molecule has 2 aromatic rings. The van der Waals surface area contributed by atoms with Gasteiger partial charge in [0.25, 0.3) is 11.7 Å². The van der Waals surface area contributed by atoms with Crippen LogP contribution in [0.3, 0.4) is 0 Å². The quantitative estimate of drug-likeness (QED) is 0.178. The Bertz CT molecular complexity index is 1430. The number of H-pyrrole nitrogens is 1. The minimum absolute atomic E-state index is 0.303. The predicted molar refractivity (Wildman–Crippen MR) is 135 cm³/mol. The first-order valence-electron chi connectivity index (χ1n) is 13.2. The van der Waals surface area contributed by atoms with Gasteiger partial charge in [0, 0.05) is 19.2 Å². The zero-order valence-electron chi connectivity index (χ0n) is 22.8. The van der Waals surface area contributed by atoms with Crippen LogP contribution in [0.5, 0.6) is 5.75 Å². The van der Waals surface area contributed by atoms with E-state index >= 15 is 0 Å². The monoisotopic (exact) mass is 613 g/mol. The molecule has 0 bridgehead atoms. The molecular formula is C26H29F4N6O7+. The molecule has 4 heterocycles. The summed E-state index contributed by atoms with van der Waals surface area (Å²) in [7, 11) is 0. The standard InChI is InChI=1S/C26H28F4N6O7/c1-9-20(38)12(8-11-15(27)16(28)22(30)36-21(11)29)33-24(40)17(34-25(41)18-13(37)4-3-6-31-18)10(2)32-26(42)19(35-23(9)39)14-5-7-43-14/h3-4,6,9-10,12,14,17,19-20,37-38H,5,7-8H2,1-2H3,(H,32,42)(H,33,40)(H,34,41)(H,35,39)/p+1/t9-,10-,12+,14?,17+,19?,20+/m1/s1. The summed E-state index contributed by atoms with van der Waals surface area (Å²) in [6, 6.07) is -3.40. The highest BCUT2D eigenvalue weighted by molar-refractivity contribution is 5.98. The Kier molecular flexibility index (Phi) is 9.44. The smallest absolute Gasteiger partial charge is 0.399 e. The average molecular weight is 614 g/mol. The van der Waals surface area contributed by atoms with Crippen molar-refractivity contribution in [3.8, 4) is 5.75 Å². The van der Waals surface area contributed by atoms with Gasteiger partial charge < -0.3 is 36.2 Å². The van der Waals surface area contributed by atoms with Gasteiger partial charge in [0.05, 0.1) is 35.8 Å². The number of aliphatic hydroxyl groups is 1. The van der Waals surface area contributed by atoms with Crippen molar-refractivity contribution < 1.29 is 56.7 Å². The van der Waals surface area contributed by atoms with Crippen molar-refractivity contribution in [2.24, 2.45) is 5.92 Å². The normalized spacial score (nSPS) is 28.3. The van der Waals surface area contributed by atoms with Gasteiger partial charge in [-0.3, -0.25) is 19.2 Å². The van der Waals surface area contributed by atoms with E-state index in [9.17, 15) is 47.0 Å². The van der Waals surface area contributed by atoms with Gasteiger partial charge in [-0.25, -0.2) is 9.37 Å². The minimum Gasteiger partial charge on any atom is -0.505 e. The van der Waals surface area contributed by atoms with Gasteiger partial charge in [0.1, 0.15) is 17.8 Å². The van der Waals surface area contributed by atoms with Crippen LogP contribution in [0.2, 0.25) is 0 Å². The highest BCUT2D eigenvalue weighted by Gasteiger charge is 2.42. The zero-order valence-corrected chi connectivity index (χ0v) is 22.8. The topological polar surface area (TPSA) is 193 Å².